The van der Waals surface area contributed by atoms with Crippen molar-refractivity contribution in [2.24, 2.45) is 5.73 Å². The molecule has 1 aliphatic rings. The highest BCUT2D eigenvalue weighted by Crippen LogP contribution is 2.28. The molecule has 1 aromatic rings. The van der Waals surface area contributed by atoms with Crippen molar-refractivity contribution in [3.63, 3.8) is 0 Å². The van der Waals surface area contributed by atoms with Crippen LogP contribution in [0.2, 0.25) is 0 Å². The Kier molecular flexibility index (Phi) is 2.44. The first kappa shape index (κ1) is 8.23. The molecule has 2 atom stereocenters. The van der Waals surface area contributed by atoms with Crippen molar-refractivity contribution in [3.8, 4) is 0 Å². The van der Waals surface area contributed by atoms with Crippen molar-refractivity contribution in [3.05, 3.63) is 22.4 Å². The molecule has 0 saturated carbocycles. The Morgan fingerprint density at radius 2 is 2.50 bits per heavy atom. The van der Waals surface area contributed by atoms with Gasteiger partial charge in [-0.3, -0.25) is 0 Å². The third-order valence-corrected chi connectivity index (χ3v) is 2.94. The van der Waals surface area contributed by atoms with Gasteiger partial charge < -0.3 is 10.5 Å². The van der Waals surface area contributed by atoms with Crippen molar-refractivity contribution >= 4 is 11.3 Å². The van der Waals surface area contributed by atoms with E-state index in [1.165, 1.54) is 5.56 Å². The molecule has 3 heteroatoms. The number of hydrogen-bond acceptors (Lipinski definition) is 3. The van der Waals surface area contributed by atoms with Crippen LogP contribution in [-0.2, 0) is 4.74 Å². The molecule has 0 aliphatic carbocycles. The van der Waals surface area contributed by atoms with Gasteiger partial charge in [-0.25, -0.2) is 0 Å². The van der Waals surface area contributed by atoms with E-state index < -0.39 is 0 Å². The summed E-state index contributed by atoms with van der Waals surface area (Å²) in [5.74, 6) is 0. The lowest BCUT2D eigenvalue weighted by Gasteiger charge is -2.28. The van der Waals surface area contributed by atoms with Gasteiger partial charge in [0.1, 0.15) is 0 Å². The maximum atomic E-state index is 5.95. The first-order chi connectivity index (χ1) is 5.88. The second kappa shape index (κ2) is 3.56. The van der Waals surface area contributed by atoms with E-state index in [1.54, 1.807) is 11.3 Å². The van der Waals surface area contributed by atoms with Crippen LogP contribution in [-0.4, -0.2) is 12.6 Å². The van der Waals surface area contributed by atoms with Gasteiger partial charge in [0.2, 0.25) is 0 Å². The van der Waals surface area contributed by atoms with Crippen LogP contribution in [0.1, 0.15) is 24.5 Å². The second-order valence-electron chi connectivity index (χ2n) is 3.15. The molecule has 1 saturated heterocycles. The number of ether oxygens (including phenoxy) is 1. The monoisotopic (exact) mass is 183 g/mol. The Hall–Kier alpha value is -0.380. The molecule has 0 spiro atoms. The molecule has 2 heterocycles. The second-order valence-corrected chi connectivity index (χ2v) is 3.93. The Labute approximate surface area is 76.3 Å². The molecule has 1 fully saturated rings. The first-order valence-corrected chi connectivity index (χ1v) is 5.21. The predicted molar refractivity (Wildman–Crippen MR) is 50.2 cm³/mol. The van der Waals surface area contributed by atoms with E-state index >= 15 is 0 Å². The number of thiophene rings is 1. The summed E-state index contributed by atoms with van der Waals surface area (Å²) in [4.78, 5) is 0. The SMILES string of the molecule is NC1CCCOC1c1ccsc1. The minimum atomic E-state index is 0.144. The molecule has 66 valence electrons. The minimum absolute atomic E-state index is 0.144. The van der Waals surface area contributed by atoms with Crippen molar-refractivity contribution in [2.45, 2.75) is 25.0 Å². The fourth-order valence-corrected chi connectivity index (χ4v) is 2.27. The topological polar surface area (TPSA) is 35.2 Å². The van der Waals surface area contributed by atoms with E-state index in [0.717, 1.165) is 19.4 Å². The standard InChI is InChI=1S/C9H13NOS/c10-8-2-1-4-11-9(8)7-3-5-12-6-7/h3,5-6,8-9H,1-2,4,10H2. The Bertz CT molecular complexity index is 235. The lowest BCUT2D eigenvalue weighted by molar-refractivity contribution is 0.000399. The zero-order chi connectivity index (χ0) is 8.39. The molecule has 1 aromatic heterocycles. The molecule has 12 heavy (non-hydrogen) atoms. The molecular weight excluding hydrogens is 170 g/mol. The maximum absolute atomic E-state index is 5.95. The van der Waals surface area contributed by atoms with Crippen molar-refractivity contribution < 1.29 is 4.74 Å². The van der Waals surface area contributed by atoms with Crippen LogP contribution in [0, 0.1) is 0 Å². The van der Waals surface area contributed by atoms with E-state index in [1.807, 2.05) is 0 Å². The van der Waals surface area contributed by atoms with Crippen LogP contribution < -0.4 is 5.73 Å². The minimum Gasteiger partial charge on any atom is -0.372 e. The van der Waals surface area contributed by atoms with Crippen LogP contribution in [0.3, 0.4) is 0 Å². The molecule has 1 aliphatic heterocycles. The average molecular weight is 183 g/mol. The summed E-state index contributed by atoms with van der Waals surface area (Å²) in [6, 6.07) is 2.29. The van der Waals surface area contributed by atoms with Crippen LogP contribution in [0.4, 0.5) is 0 Å². The highest BCUT2D eigenvalue weighted by atomic mass is 32.1. The summed E-state index contributed by atoms with van der Waals surface area (Å²) < 4.78 is 5.62. The smallest absolute Gasteiger partial charge is 0.0983 e. The van der Waals surface area contributed by atoms with E-state index in [9.17, 15) is 0 Å². The highest BCUT2D eigenvalue weighted by molar-refractivity contribution is 7.07. The molecule has 0 aromatic carbocycles. The average Bonchev–Trinajstić information content (AvgIpc) is 2.57. The summed E-state index contributed by atoms with van der Waals surface area (Å²) in [6.45, 7) is 0.855. The van der Waals surface area contributed by atoms with Crippen molar-refractivity contribution in [1.29, 1.82) is 0 Å². The predicted octanol–water partition coefficient (Wildman–Crippen LogP) is 1.93. The molecule has 2 unspecified atom stereocenters. The summed E-state index contributed by atoms with van der Waals surface area (Å²) in [7, 11) is 0. The number of hydrogen-bond donors (Lipinski definition) is 1. The van der Waals surface area contributed by atoms with Gasteiger partial charge in [-0.05, 0) is 35.2 Å². The van der Waals surface area contributed by atoms with Gasteiger partial charge in [0.15, 0.2) is 0 Å². The van der Waals surface area contributed by atoms with Crippen LogP contribution >= 0.6 is 11.3 Å². The third kappa shape index (κ3) is 1.53. The summed E-state index contributed by atoms with van der Waals surface area (Å²) in [5, 5.41) is 4.19. The van der Waals surface area contributed by atoms with Gasteiger partial charge >= 0.3 is 0 Å². The molecule has 2 N–H and O–H groups in total. The van der Waals surface area contributed by atoms with Gasteiger partial charge in [0.25, 0.3) is 0 Å². The zero-order valence-electron chi connectivity index (χ0n) is 6.90. The van der Waals surface area contributed by atoms with Gasteiger partial charge in [-0.15, -0.1) is 0 Å². The molecular formula is C9H13NOS. The van der Waals surface area contributed by atoms with Crippen molar-refractivity contribution in [1.82, 2.24) is 0 Å². The largest absolute Gasteiger partial charge is 0.372 e. The van der Waals surface area contributed by atoms with Crippen molar-refractivity contribution in [2.75, 3.05) is 6.61 Å². The molecule has 0 bridgehead atoms. The Morgan fingerprint density at radius 3 is 3.17 bits per heavy atom. The normalized spacial score (nSPS) is 30.4. The van der Waals surface area contributed by atoms with Gasteiger partial charge in [-0.2, -0.15) is 11.3 Å². The van der Waals surface area contributed by atoms with E-state index in [-0.39, 0.29) is 12.1 Å². The summed E-state index contributed by atoms with van der Waals surface area (Å²) in [6.07, 6.45) is 2.33. The lowest BCUT2D eigenvalue weighted by Crippen LogP contribution is -2.34. The summed E-state index contributed by atoms with van der Waals surface area (Å²) in [5.41, 5.74) is 7.19. The maximum Gasteiger partial charge on any atom is 0.0983 e. The fraction of sp³-hybridized carbons (Fsp3) is 0.556. The highest BCUT2D eigenvalue weighted by Gasteiger charge is 2.24. The number of rotatable bonds is 1. The Balaban J connectivity index is 2.11. The van der Waals surface area contributed by atoms with Crippen LogP contribution in [0.25, 0.3) is 0 Å². The van der Waals surface area contributed by atoms with Gasteiger partial charge in [0, 0.05) is 12.6 Å². The van der Waals surface area contributed by atoms with Crippen LogP contribution in [0.15, 0.2) is 16.8 Å². The molecule has 2 nitrogen and oxygen atoms in total. The molecule has 0 radical (unpaired) electrons. The molecule has 2 rings (SSSR count). The Morgan fingerprint density at radius 1 is 1.58 bits per heavy atom. The quantitative estimate of drug-likeness (QED) is 0.722. The molecule has 0 amide bonds. The van der Waals surface area contributed by atoms with E-state index in [2.05, 4.69) is 16.8 Å². The van der Waals surface area contributed by atoms with E-state index in [0.29, 0.717) is 0 Å². The lowest BCUT2D eigenvalue weighted by atomic mass is 9.99. The van der Waals surface area contributed by atoms with E-state index in [4.69, 9.17) is 10.5 Å². The van der Waals surface area contributed by atoms with Crippen LogP contribution in [0.5, 0.6) is 0 Å². The van der Waals surface area contributed by atoms with Gasteiger partial charge in [-0.1, -0.05) is 0 Å². The zero-order valence-corrected chi connectivity index (χ0v) is 7.72. The van der Waals surface area contributed by atoms with Gasteiger partial charge in [0.05, 0.1) is 6.10 Å². The number of nitrogens with two attached hydrogens (primary N) is 1. The first-order valence-electron chi connectivity index (χ1n) is 4.27. The summed E-state index contributed by atoms with van der Waals surface area (Å²) >= 11 is 1.70. The fourth-order valence-electron chi connectivity index (χ4n) is 1.58. The third-order valence-electron chi connectivity index (χ3n) is 2.24.